The van der Waals surface area contributed by atoms with Gasteiger partial charge in [0.2, 0.25) is 5.88 Å². The third kappa shape index (κ3) is 3.44. The van der Waals surface area contributed by atoms with E-state index in [1.54, 1.807) is 18.3 Å². The average Bonchev–Trinajstić information content (AvgIpc) is 3.13. The number of rotatable bonds is 5. The van der Waals surface area contributed by atoms with E-state index in [9.17, 15) is 4.79 Å². The van der Waals surface area contributed by atoms with E-state index in [-0.39, 0.29) is 12.0 Å². The molecular weight excluding hydrogens is 244 g/mol. The zero-order valence-corrected chi connectivity index (χ0v) is 10.8. The van der Waals surface area contributed by atoms with Crippen molar-refractivity contribution >= 4 is 5.91 Å². The first-order chi connectivity index (χ1) is 9.31. The topological polar surface area (TPSA) is 60.5 Å². The minimum absolute atomic E-state index is 0.0600. The smallest absolute Gasteiger partial charge is 0.252 e. The van der Waals surface area contributed by atoms with Gasteiger partial charge in [0.1, 0.15) is 6.10 Å². The summed E-state index contributed by atoms with van der Waals surface area (Å²) in [4.78, 5) is 16.0. The Kier molecular flexibility index (Phi) is 3.64. The van der Waals surface area contributed by atoms with Crippen molar-refractivity contribution < 1.29 is 14.3 Å². The zero-order valence-electron chi connectivity index (χ0n) is 10.8. The van der Waals surface area contributed by atoms with Crippen LogP contribution in [0.15, 0.2) is 18.3 Å². The normalized spacial score (nSPS) is 22.2. The summed E-state index contributed by atoms with van der Waals surface area (Å²) in [5.74, 6) is 1.17. The molecule has 102 valence electrons. The molecule has 5 heteroatoms. The largest absolute Gasteiger partial charge is 0.472 e. The lowest BCUT2D eigenvalue weighted by Crippen LogP contribution is -2.25. The SMILES string of the molecule is O=C(NCC1CC1)c1ccc(OC2CCOC2)nc1. The zero-order chi connectivity index (χ0) is 13.1. The molecule has 1 aromatic rings. The maximum absolute atomic E-state index is 11.8. The Morgan fingerprint density at radius 2 is 2.32 bits per heavy atom. The van der Waals surface area contributed by atoms with Crippen LogP contribution < -0.4 is 10.1 Å². The molecular formula is C14H18N2O3. The van der Waals surface area contributed by atoms with Gasteiger partial charge in [0.15, 0.2) is 0 Å². The van der Waals surface area contributed by atoms with E-state index in [4.69, 9.17) is 9.47 Å². The lowest BCUT2D eigenvalue weighted by molar-refractivity contribution is 0.0951. The second kappa shape index (κ2) is 5.57. The monoisotopic (exact) mass is 262 g/mol. The number of carbonyl (C=O) groups is 1. The van der Waals surface area contributed by atoms with Gasteiger partial charge in [-0.05, 0) is 24.8 Å². The summed E-state index contributed by atoms with van der Waals surface area (Å²) >= 11 is 0. The molecule has 3 rings (SSSR count). The van der Waals surface area contributed by atoms with E-state index >= 15 is 0 Å². The van der Waals surface area contributed by atoms with Crippen LogP contribution >= 0.6 is 0 Å². The van der Waals surface area contributed by atoms with Crippen LogP contribution in [-0.4, -0.2) is 36.8 Å². The summed E-state index contributed by atoms with van der Waals surface area (Å²) in [7, 11) is 0. The van der Waals surface area contributed by atoms with E-state index in [2.05, 4.69) is 10.3 Å². The van der Waals surface area contributed by atoms with Gasteiger partial charge in [-0.25, -0.2) is 4.98 Å². The fourth-order valence-electron chi connectivity index (χ4n) is 2.02. The molecule has 0 radical (unpaired) electrons. The van der Waals surface area contributed by atoms with E-state index < -0.39 is 0 Å². The Balaban J connectivity index is 1.53. The van der Waals surface area contributed by atoms with Gasteiger partial charge in [0.05, 0.1) is 18.8 Å². The number of pyridine rings is 1. The highest BCUT2D eigenvalue weighted by Crippen LogP contribution is 2.27. The predicted molar refractivity (Wildman–Crippen MR) is 69.1 cm³/mol. The second-order valence-electron chi connectivity index (χ2n) is 5.14. The molecule has 5 nitrogen and oxygen atoms in total. The van der Waals surface area contributed by atoms with Crippen LogP contribution in [0.1, 0.15) is 29.6 Å². The van der Waals surface area contributed by atoms with Crippen LogP contribution in [0.5, 0.6) is 5.88 Å². The summed E-state index contributed by atoms with van der Waals surface area (Å²) in [5.41, 5.74) is 0.579. The van der Waals surface area contributed by atoms with Crippen molar-refractivity contribution in [1.29, 1.82) is 0 Å². The van der Waals surface area contributed by atoms with Gasteiger partial charge in [-0.15, -0.1) is 0 Å². The Labute approximate surface area is 112 Å². The summed E-state index contributed by atoms with van der Waals surface area (Å²) in [6, 6.07) is 3.49. The van der Waals surface area contributed by atoms with E-state index in [0.717, 1.165) is 19.6 Å². The van der Waals surface area contributed by atoms with Crippen LogP contribution in [0, 0.1) is 5.92 Å². The molecule has 0 aromatic carbocycles. The predicted octanol–water partition coefficient (Wildman–Crippen LogP) is 1.39. The maximum Gasteiger partial charge on any atom is 0.252 e. The van der Waals surface area contributed by atoms with Gasteiger partial charge in [-0.2, -0.15) is 0 Å². The van der Waals surface area contributed by atoms with Crippen LogP contribution in [0.25, 0.3) is 0 Å². The Morgan fingerprint density at radius 3 is 2.95 bits per heavy atom. The fraction of sp³-hybridized carbons (Fsp3) is 0.571. The number of nitrogens with one attached hydrogen (secondary N) is 1. The lowest BCUT2D eigenvalue weighted by atomic mass is 10.2. The van der Waals surface area contributed by atoms with Gasteiger partial charge in [-0.1, -0.05) is 0 Å². The molecule has 2 heterocycles. The number of hydrogen-bond donors (Lipinski definition) is 1. The first-order valence-electron chi connectivity index (χ1n) is 6.80. The van der Waals surface area contributed by atoms with Crippen molar-refractivity contribution in [3.63, 3.8) is 0 Å². The molecule has 0 spiro atoms. The summed E-state index contributed by atoms with van der Waals surface area (Å²) in [6.45, 7) is 2.13. The Morgan fingerprint density at radius 1 is 1.42 bits per heavy atom. The molecule has 1 atom stereocenters. The van der Waals surface area contributed by atoms with Crippen molar-refractivity contribution in [2.45, 2.75) is 25.4 Å². The number of aromatic nitrogens is 1. The molecule has 1 aromatic heterocycles. The highest BCUT2D eigenvalue weighted by Gasteiger charge is 2.22. The Hall–Kier alpha value is -1.62. The lowest BCUT2D eigenvalue weighted by Gasteiger charge is -2.10. The molecule has 1 aliphatic carbocycles. The highest BCUT2D eigenvalue weighted by molar-refractivity contribution is 5.93. The van der Waals surface area contributed by atoms with Crippen LogP contribution in [0.3, 0.4) is 0 Å². The second-order valence-corrected chi connectivity index (χ2v) is 5.14. The molecule has 2 aliphatic rings. The molecule has 19 heavy (non-hydrogen) atoms. The van der Waals surface area contributed by atoms with Crippen LogP contribution in [0.4, 0.5) is 0 Å². The van der Waals surface area contributed by atoms with Crippen LogP contribution in [0.2, 0.25) is 0 Å². The highest BCUT2D eigenvalue weighted by atomic mass is 16.5. The molecule has 1 N–H and O–H groups in total. The van der Waals surface area contributed by atoms with Crippen molar-refractivity contribution in [3.05, 3.63) is 23.9 Å². The first-order valence-corrected chi connectivity index (χ1v) is 6.80. The molecule has 1 unspecified atom stereocenters. The fourth-order valence-corrected chi connectivity index (χ4v) is 2.02. The van der Waals surface area contributed by atoms with Crippen molar-refractivity contribution in [2.75, 3.05) is 19.8 Å². The third-order valence-electron chi connectivity index (χ3n) is 3.42. The molecule has 1 saturated heterocycles. The molecule has 1 amide bonds. The number of nitrogens with zero attached hydrogens (tertiary/aromatic N) is 1. The van der Waals surface area contributed by atoms with Gasteiger partial charge in [0, 0.05) is 25.2 Å². The summed E-state index contributed by atoms with van der Waals surface area (Å²) in [6.07, 6.45) is 5.00. The standard InChI is InChI=1S/C14H18N2O3/c17-14(16-7-10-1-2-10)11-3-4-13(15-8-11)19-12-5-6-18-9-12/h3-4,8,10,12H,1-2,5-7,9H2,(H,16,17). The minimum atomic E-state index is -0.0600. The number of amides is 1. The molecule has 1 saturated carbocycles. The van der Waals surface area contributed by atoms with Crippen molar-refractivity contribution in [3.8, 4) is 5.88 Å². The van der Waals surface area contributed by atoms with Crippen molar-refractivity contribution in [1.82, 2.24) is 10.3 Å². The molecule has 0 bridgehead atoms. The van der Waals surface area contributed by atoms with Gasteiger partial charge < -0.3 is 14.8 Å². The summed E-state index contributed by atoms with van der Waals surface area (Å²) < 4.78 is 10.9. The van der Waals surface area contributed by atoms with Crippen LogP contribution in [-0.2, 0) is 4.74 Å². The van der Waals surface area contributed by atoms with Gasteiger partial charge >= 0.3 is 0 Å². The average molecular weight is 262 g/mol. The number of ether oxygens (including phenoxy) is 2. The minimum Gasteiger partial charge on any atom is -0.472 e. The molecule has 2 fully saturated rings. The van der Waals surface area contributed by atoms with E-state index in [1.165, 1.54) is 12.8 Å². The third-order valence-corrected chi connectivity index (χ3v) is 3.42. The van der Waals surface area contributed by atoms with Gasteiger partial charge in [0.25, 0.3) is 5.91 Å². The maximum atomic E-state index is 11.8. The Bertz CT molecular complexity index is 437. The first kappa shape index (κ1) is 12.4. The van der Waals surface area contributed by atoms with Gasteiger partial charge in [-0.3, -0.25) is 4.79 Å². The quantitative estimate of drug-likeness (QED) is 0.871. The van der Waals surface area contributed by atoms with E-state index in [0.29, 0.717) is 24.0 Å². The molecule has 1 aliphatic heterocycles. The number of carbonyl (C=O) groups excluding carboxylic acids is 1. The number of hydrogen-bond acceptors (Lipinski definition) is 4. The van der Waals surface area contributed by atoms with Crippen molar-refractivity contribution in [2.24, 2.45) is 5.92 Å². The summed E-state index contributed by atoms with van der Waals surface area (Å²) in [5, 5.41) is 2.91. The van der Waals surface area contributed by atoms with E-state index in [1.807, 2.05) is 0 Å².